The van der Waals surface area contributed by atoms with E-state index < -0.39 is 42.7 Å². The van der Waals surface area contributed by atoms with Gasteiger partial charge in [-0.05, 0) is 27.2 Å². The lowest BCUT2D eigenvalue weighted by molar-refractivity contribution is -0.177. The third-order valence-electron chi connectivity index (χ3n) is 2.68. The summed E-state index contributed by atoms with van der Waals surface area (Å²) in [5.74, 6) is -1.57. The molecule has 0 aliphatic carbocycles. The minimum Gasteiger partial charge on any atom is -0.463 e. The van der Waals surface area contributed by atoms with Crippen molar-refractivity contribution in [3.63, 3.8) is 0 Å². The number of halogens is 3. The highest BCUT2D eigenvalue weighted by molar-refractivity contribution is 5.81. The monoisotopic (exact) mass is 284 g/mol. The molecule has 1 atom stereocenters. The summed E-state index contributed by atoms with van der Waals surface area (Å²) in [6, 6.07) is 0. The average Bonchev–Trinajstić information content (AvgIpc) is 2.26. The summed E-state index contributed by atoms with van der Waals surface area (Å²) in [6.45, 7) is 5.57. The smallest absolute Gasteiger partial charge is 0.392 e. The Kier molecular flexibility index (Phi) is 6.32. The summed E-state index contributed by atoms with van der Waals surface area (Å²) in [5.41, 5.74) is -0.749. The van der Waals surface area contributed by atoms with Crippen molar-refractivity contribution in [2.75, 3.05) is 6.61 Å². The van der Waals surface area contributed by atoms with Crippen LogP contribution in [0.1, 0.15) is 40.5 Å². The molecule has 0 saturated heterocycles. The van der Waals surface area contributed by atoms with Crippen LogP contribution in [-0.4, -0.2) is 30.8 Å². The first kappa shape index (κ1) is 17.7. The maximum atomic E-state index is 11.8. The van der Waals surface area contributed by atoms with Gasteiger partial charge in [0.1, 0.15) is 6.61 Å². The number of rotatable bonds is 6. The largest absolute Gasteiger partial charge is 0.463 e. The van der Waals surface area contributed by atoms with Gasteiger partial charge in [0.25, 0.3) is 0 Å². The van der Waals surface area contributed by atoms with Crippen LogP contribution in [0.15, 0.2) is 0 Å². The highest BCUT2D eigenvalue weighted by Gasteiger charge is 2.32. The lowest BCUT2D eigenvalue weighted by Crippen LogP contribution is -2.33. The van der Waals surface area contributed by atoms with E-state index in [1.165, 1.54) is 6.92 Å². The van der Waals surface area contributed by atoms with Crippen molar-refractivity contribution in [2.45, 2.75) is 52.8 Å². The van der Waals surface area contributed by atoms with E-state index in [0.29, 0.717) is 6.42 Å². The quantitative estimate of drug-likeness (QED) is 0.704. The first-order valence-corrected chi connectivity index (χ1v) is 5.94. The van der Waals surface area contributed by atoms with E-state index in [0.717, 1.165) is 0 Å². The molecule has 0 aliphatic heterocycles. The van der Waals surface area contributed by atoms with Crippen LogP contribution in [0.5, 0.6) is 0 Å². The van der Waals surface area contributed by atoms with Crippen LogP contribution in [-0.2, 0) is 19.1 Å². The summed E-state index contributed by atoms with van der Waals surface area (Å²) < 4.78 is 44.8. The summed E-state index contributed by atoms with van der Waals surface area (Å²) in [6.07, 6.45) is -6.31. The number of carbonyl (C=O) groups excluding carboxylic acids is 2. The van der Waals surface area contributed by atoms with E-state index in [1.54, 1.807) is 20.8 Å². The molecule has 0 aromatic heterocycles. The van der Waals surface area contributed by atoms with Gasteiger partial charge in [0.05, 0.1) is 11.8 Å². The summed E-state index contributed by atoms with van der Waals surface area (Å²) in [5, 5.41) is 0. The minimum atomic E-state index is -4.38. The van der Waals surface area contributed by atoms with Gasteiger partial charge in [-0.15, -0.1) is 0 Å². The lowest BCUT2D eigenvalue weighted by Gasteiger charge is -2.22. The average molecular weight is 284 g/mol. The molecule has 0 aromatic carbocycles. The number of alkyl halides is 3. The highest BCUT2D eigenvalue weighted by atomic mass is 19.4. The summed E-state index contributed by atoms with van der Waals surface area (Å²) >= 11 is 0. The molecule has 0 saturated carbocycles. The molecule has 0 amide bonds. The van der Waals surface area contributed by atoms with Crippen molar-refractivity contribution in [1.82, 2.24) is 0 Å². The van der Waals surface area contributed by atoms with Gasteiger partial charge in [0.2, 0.25) is 0 Å². The molecule has 0 fully saturated rings. The van der Waals surface area contributed by atoms with Gasteiger partial charge in [0.15, 0.2) is 6.10 Å². The van der Waals surface area contributed by atoms with Crippen LogP contribution in [0, 0.1) is 5.41 Å². The first-order chi connectivity index (χ1) is 8.49. The fourth-order valence-electron chi connectivity index (χ4n) is 0.897. The van der Waals surface area contributed by atoms with Gasteiger partial charge < -0.3 is 9.47 Å². The van der Waals surface area contributed by atoms with E-state index in [2.05, 4.69) is 4.74 Å². The standard InChI is InChI=1S/C12H19F3O4/c1-5-11(3,4)10(17)19-8(2)9(16)18-7-6-12(13,14)15/h8H,5-7H2,1-4H3. The Balaban J connectivity index is 4.18. The Labute approximate surface area is 110 Å². The third kappa shape index (κ3) is 7.03. The van der Waals surface area contributed by atoms with Gasteiger partial charge in [-0.25, -0.2) is 4.79 Å². The van der Waals surface area contributed by atoms with Crippen molar-refractivity contribution in [3.8, 4) is 0 Å². The molecular formula is C12H19F3O4. The normalized spacial score (nSPS) is 13.8. The fraction of sp³-hybridized carbons (Fsp3) is 0.833. The Hall–Kier alpha value is -1.27. The minimum absolute atomic E-state index is 0.516. The molecule has 0 N–H and O–H groups in total. The SMILES string of the molecule is CCC(C)(C)C(=O)OC(C)C(=O)OCCC(F)(F)F. The van der Waals surface area contributed by atoms with Crippen LogP contribution in [0.3, 0.4) is 0 Å². The van der Waals surface area contributed by atoms with E-state index in [1.807, 2.05) is 0 Å². The second kappa shape index (κ2) is 6.77. The van der Waals surface area contributed by atoms with Crippen LogP contribution >= 0.6 is 0 Å². The zero-order valence-electron chi connectivity index (χ0n) is 11.5. The van der Waals surface area contributed by atoms with Gasteiger partial charge in [-0.2, -0.15) is 13.2 Å². The van der Waals surface area contributed by atoms with Crippen molar-refractivity contribution in [2.24, 2.45) is 5.41 Å². The van der Waals surface area contributed by atoms with Crippen LogP contribution in [0.25, 0.3) is 0 Å². The number of carbonyl (C=O) groups is 2. The van der Waals surface area contributed by atoms with Crippen LogP contribution < -0.4 is 0 Å². The second-order valence-electron chi connectivity index (χ2n) is 4.82. The van der Waals surface area contributed by atoms with Crippen molar-refractivity contribution >= 4 is 11.9 Å². The molecule has 7 heteroatoms. The lowest BCUT2D eigenvalue weighted by atomic mass is 9.91. The van der Waals surface area contributed by atoms with Crippen LogP contribution in [0.4, 0.5) is 13.2 Å². The number of hydrogen-bond acceptors (Lipinski definition) is 4. The van der Waals surface area contributed by atoms with E-state index in [4.69, 9.17) is 4.74 Å². The predicted molar refractivity (Wildman–Crippen MR) is 61.3 cm³/mol. The molecule has 0 aromatic rings. The summed E-state index contributed by atoms with van der Waals surface area (Å²) in [7, 11) is 0. The molecule has 0 spiro atoms. The Morgan fingerprint density at radius 3 is 2.16 bits per heavy atom. The maximum absolute atomic E-state index is 11.8. The Morgan fingerprint density at radius 1 is 1.21 bits per heavy atom. The zero-order chi connectivity index (χ0) is 15.3. The highest BCUT2D eigenvalue weighted by Crippen LogP contribution is 2.22. The third-order valence-corrected chi connectivity index (χ3v) is 2.68. The van der Waals surface area contributed by atoms with Crippen molar-refractivity contribution in [3.05, 3.63) is 0 Å². The molecule has 112 valence electrons. The van der Waals surface area contributed by atoms with Gasteiger partial charge in [-0.3, -0.25) is 4.79 Å². The molecule has 19 heavy (non-hydrogen) atoms. The molecular weight excluding hydrogens is 265 g/mol. The number of ether oxygens (including phenoxy) is 2. The molecule has 4 nitrogen and oxygen atoms in total. The van der Waals surface area contributed by atoms with Crippen molar-refractivity contribution < 1.29 is 32.2 Å². The molecule has 0 bridgehead atoms. The maximum Gasteiger partial charge on any atom is 0.392 e. The molecule has 0 rings (SSSR count). The molecule has 1 unspecified atom stereocenters. The predicted octanol–water partition coefficient (Wildman–Crippen LogP) is 2.85. The first-order valence-electron chi connectivity index (χ1n) is 5.94. The van der Waals surface area contributed by atoms with Gasteiger partial charge in [0, 0.05) is 0 Å². The molecule has 0 heterocycles. The molecule has 0 aliphatic rings. The van der Waals surface area contributed by atoms with Gasteiger partial charge in [-0.1, -0.05) is 6.92 Å². The fourth-order valence-corrected chi connectivity index (χ4v) is 0.897. The van der Waals surface area contributed by atoms with Crippen molar-refractivity contribution in [1.29, 1.82) is 0 Å². The van der Waals surface area contributed by atoms with E-state index in [9.17, 15) is 22.8 Å². The number of hydrogen-bond donors (Lipinski definition) is 0. The van der Waals surface area contributed by atoms with E-state index >= 15 is 0 Å². The Bertz CT molecular complexity index is 323. The number of esters is 2. The molecule has 0 radical (unpaired) electrons. The van der Waals surface area contributed by atoms with E-state index in [-0.39, 0.29) is 0 Å². The van der Waals surface area contributed by atoms with Crippen LogP contribution in [0.2, 0.25) is 0 Å². The van der Waals surface area contributed by atoms with Gasteiger partial charge >= 0.3 is 18.1 Å². The Morgan fingerprint density at radius 2 is 1.74 bits per heavy atom. The summed E-state index contributed by atoms with van der Waals surface area (Å²) in [4.78, 5) is 22.9. The topological polar surface area (TPSA) is 52.6 Å². The second-order valence-corrected chi connectivity index (χ2v) is 4.82. The zero-order valence-corrected chi connectivity index (χ0v) is 11.5.